The van der Waals surface area contributed by atoms with Gasteiger partial charge < -0.3 is 5.73 Å². The monoisotopic (exact) mass is 269 g/mol. The van der Waals surface area contributed by atoms with Crippen LogP contribution >= 0.6 is 24.0 Å². The van der Waals surface area contributed by atoms with Crippen molar-refractivity contribution in [2.75, 3.05) is 0 Å². The molecule has 0 saturated carbocycles. The van der Waals surface area contributed by atoms with Crippen molar-refractivity contribution in [3.8, 4) is 0 Å². The minimum absolute atomic E-state index is 0. The van der Waals surface area contributed by atoms with Gasteiger partial charge in [0.2, 0.25) is 0 Å². The molecule has 1 atom stereocenters. The van der Waals surface area contributed by atoms with Gasteiger partial charge in [-0.05, 0) is 24.5 Å². The number of hydrogen-bond acceptors (Lipinski definition) is 1. The smallest absolute Gasteiger partial charge is 0.149 e. The van der Waals surface area contributed by atoms with E-state index >= 15 is 0 Å². The van der Waals surface area contributed by atoms with Gasteiger partial charge in [0.15, 0.2) is 0 Å². The second kappa shape index (κ2) is 6.38. The molecular weight excluding hydrogens is 255 g/mol. The molecule has 0 saturated heterocycles. The lowest BCUT2D eigenvalue weighted by molar-refractivity contribution is 0.463. The van der Waals surface area contributed by atoms with Crippen molar-refractivity contribution in [3.05, 3.63) is 34.4 Å². The predicted molar refractivity (Wildman–Crippen MR) is 65.0 cm³/mol. The summed E-state index contributed by atoms with van der Waals surface area (Å²) in [7, 11) is 0. The van der Waals surface area contributed by atoms with E-state index < -0.39 is 17.7 Å². The van der Waals surface area contributed by atoms with E-state index in [2.05, 4.69) is 0 Å². The van der Waals surface area contributed by atoms with Gasteiger partial charge in [-0.2, -0.15) is 0 Å². The first-order valence-corrected chi connectivity index (χ1v) is 5.20. The summed E-state index contributed by atoms with van der Waals surface area (Å²) in [6, 6.07) is 1.68. The Labute approximate surface area is 105 Å². The van der Waals surface area contributed by atoms with Crippen LogP contribution in [-0.4, -0.2) is 0 Å². The number of halogens is 4. The minimum Gasteiger partial charge on any atom is -0.324 e. The Morgan fingerprint density at radius 1 is 1.31 bits per heavy atom. The zero-order chi connectivity index (χ0) is 11.6. The van der Waals surface area contributed by atoms with E-state index in [0.29, 0.717) is 6.42 Å². The van der Waals surface area contributed by atoms with Crippen LogP contribution in [0, 0.1) is 17.6 Å². The topological polar surface area (TPSA) is 26.0 Å². The van der Waals surface area contributed by atoms with Crippen molar-refractivity contribution in [2.45, 2.75) is 26.3 Å². The number of nitrogens with two attached hydrogens (primary N) is 1. The maximum absolute atomic E-state index is 13.5. The summed E-state index contributed by atoms with van der Waals surface area (Å²) in [5.41, 5.74) is 5.61. The lowest BCUT2D eigenvalue weighted by Crippen LogP contribution is -2.16. The maximum Gasteiger partial charge on any atom is 0.149 e. The molecular formula is C11H15Cl2F2N. The molecule has 1 nitrogen and oxygen atoms in total. The molecule has 1 rings (SSSR count). The summed E-state index contributed by atoms with van der Waals surface area (Å²) < 4.78 is 26.9. The fraction of sp³-hybridized carbons (Fsp3) is 0.455. The molecule has 5 heteroatoms. The minimum atomic E-state index is -0.746. The van der Waals surface area contributed by atoms with E-state index in [0.717, 1.165) is 6.07 Å². The molecule has 0 aliphatic carbocycles. The van der Waals surface area contributed by atoms with Gasteiger partial charge in [0.05, 0.1) is 5.02 Å². The zero-order valence-electron chi connectivity index (χ0n) is 9.14. The molecule has 0 aliphatic heterocycles. The Morgan fingerprint density at radius 2 is 1.88 bits per heavy atom. The van der Waals surface area contributed by atoms with Gasteiger partial charge >= 0.3 is 0 Å². The quantitative estimate of drug-likeness (QED) is 0.822. The fourth-order valence-corrected chi connectivity index (χ4v) is 1.67. The molecule has 0 heterocycles. The lowest BCUT2D eigenvalue weighted by Gasteiger charge is -2.16. The molecule has 0 aromatic heterocycles. The molecule has 1 aromatic rings. The molecule has 0 aliphatic rings. The molecule has 0 fully saturated rings. The molecule has 0 spiro atoms. The van der Waals surface area contributed by atoms with Crippen LogP contribution in [0.4, 0.5) is 8.78 Å². The SMILES string of the molecule is CC(C)C[C@@H](N)c1c(F)ccc(Cl)c1F.Cl. The number of benzene rings is 1. The highest BCUT2D eigenvalue weighted by atomic mass is 35.5. The van der Waals surface area contributed by atoms with Crippen molar-refractivity contribution < 1.29 is 8.78 Å². The lowest BCUT2D eigenvalue weighted by atomic mass is 9.97. The van der Waals surface area contributed by atoms with Gasteiger partial charge in [-0.1, -0.05) is 25.4 Å². The van der Waals surface area contributed by atoms with Crippen molar-refractivity contribution in [3.63, 3.8) is 0 Å². The van der Waals surface area contributed by atoms with E-state index in [4.69, 9.17) is 17.3 Å². The van der Waals surface area contributed by atoms with Crippen LogP contribution in [0.1, 0.15) is 31.9 Å². The van der Waals surface area contributed by atoms with Crippen molar-refractivity contribution in [2.24, 2.45) is 11.7 Å². The third kappa shape index (κ3) is 3.58. The van der Waals surface area contributed by atoms with Crippen LogP contribution in [0.2, 0.25) is 5.02 Å². The molecule has 16 heavy (non-hydrogen) atoms. The van der Waals surface area contributed by atoms with Gasteiger partial charge in [-0.25, -0.2) is 8.78 Å². The second-order valence-corrected chi connectivity index (χ2v) is 4.40. The van der Waals surface area contributed by atoms with Crippen molar-refractivity contribution in [1.29, 1.82) is 0 Å². The Kier molecular flexibility index (Phi) is 6.23. The Morgan fingerprint density at radius 3 is 2.38 bits per heavy atom. The van der Waals surface area contributed by atoms with E-state index in [1.165, 1.54) is 6.07 Å². The summed E-state index contributed by atoms with van der Waals surface area (Å²) in [5, 5.41) is -0.0920. The number of hydrogen-bond donors (Lipinski definition) is 1. The second-order valence-electron chi connectivity index (χ2n) is 3.99. The molecule has 2 N–H and O–H groups in total. The molecule has 0 amide bonds. The first-order valence-electron chi connectivity index (χ1n) is 4.82. The normalized spacial score (nSPS) is 12.4. The summed E-state index contributed by atoms with van der Waals surface area (Å²) >= 11 is 5.57. The van der Waals surface area contributed by atoms with Gasteiger partial charge in [-0.15, -0.1) is 12.4 Å². The van der Waals surface area contributed by atoms with Gasteiger partial charge in [-0.3, -0.25) is 0 Å². The number of rotatable bonds is 3. The summed E-state index contributed by atoms with van der Waals surface area (Å²) in [5.74, 6) is -1.10. The molecule has 0 bridgehead atoms. The zero-order valence-corrected chi connectivity index (χ0v) is 10.7. The van der Waals surface area contributed by atoms with E-state index in [1.54, 1.807) is 0 Å². The average molecular weight is 270 g/mol. The molecule has 0 radical (unpaired) electrons. The van der Waals surface area contributed by atoms with E-state index in [1.807, 2.05) is 13.8 Å². The standard InChI is InChI=1S/C11H14ClF2N.ClH/c1-6(2)5-9(15)10-8(13)4-3-7(12)11(10)14;/h3-4,6,9H,5,15H2,1-2H3;1H/t9-;/m1./s1. The average Bonchev–Trinajstić information content (AvgIpc) is 2.11. The van der Waals surface area contributed by atoms with Crippen LogP contribution < -0.4 is 5.73 Å². The van der Waals surface area contributed by atoms with Gasteiger partial charge in [0, 0.05) is 11.6 Å². The van der Waals surface area contributed by atoms with Crippen LogP contribution in [0.25, 0.3) is 0 Å². The maximum atomic E-state index is 13.5. The Balaban J connectivity index is 0.00000225. The third-order valence-corrected chi connectivity index (χ3v) is 2.47. The summed E-state index contributed by atoms with van der Waals surface area (Å²) in [6.07, 6.45) is 0.522. The first kappa shape index (κ1) is 15.6. The summed E-state index contributed by atoms with van der Waals surface area (Å²) in [6.45, 7) is 3.89. The molecule has 92 valence electrons. The van der Waals surface area contributed by atoms with E-state index in [-0.39, 0.29) is 28.9 Å². The Bertz CT molecular complexity index is 356. The van der Waals surface area contributed by atoms with Gasteiger partial charge in [0.25, 0.3) is 0 Å². The fourth-order valence-electron chi connectivity index (χ4n) is 1.51. The van der Waals surface area contributed by atoms with E-state index in [9.17, 15) is 8.78 Å². The van der Waals surface area contributed by atoms with Crippen LogP contribution in [0.3, 0.4) is 0 Å². The van der Waals surface area contributed by atoms with Crippen LogP contribution in [-0.2, 0) is 0 Å². The predicted octanol–water partition coefficient (Wildman–Crippen LogP) is 4.09. The van der Waals surface area contributed by atoms with Gasteiger partial charge in [0.1, 0.15) is 11.6 Å². The third-order valence-electron chi connectivity index (χ3n) is 2.18. The highest BCUT2D eigenvalue weighted by Crippen LogP contribution is 2.28. The Hall–Kier alpha value is -0.380. The van der Waals surface area contributed by atoms with Crippen molar-refractivity contribution >= 4 is 24.0 Å². The highest BCUT2D eigenvalue weighted by molar-refractivity contribution is 6.30. The van der Waals surface area contributed by atoms with Crippen molar-refractivity contribution in [1.82, 2.24) is 0 Å². The highest BCUT2D eigenvalue weighted by Gasteiger charge is 2.19. The molecule has 1 aromatic carbocycles. The first-order chi connectivity index (χ1) is 6.93. The van der Waals surface area contributed by atoms with Crippen LogP contribution in [0.15, 0.2) is 12.1 Å². The summed E-state index contributed by atoms with van der Waals surface area (Å²) in [4.78, 5) is 0. The largest absolute Gasteiger partial charge is 0.324 e. The van der Waals surface area contributed by atoms with Crippen LogP contribution in [0.5, 0.6) is 0 Å². The molecule has 0 unspecified atom stereocenters.